The largest absolute Gasteiger partial charge is 0.390 e. The number of nitrogens with zero attached hydrogens (tertiary/aromatic N) is 3. The highest BCUT2D eigenvalue weighted by Crippen LogP contribution is 2.20. The van der Waals surface area contributed by atoms with Crippen molar-refractivity contribution >= 4 is 29.2 Å². The van der Waals surface area contributed by atoms with Crippen molar-refractivity contribution in [3.8, 4) is 0 Å². The van der Waals surface area contributed by atoms with E-state index >= 15 is 0 Å². The summed E-state index contributed by atoms with van der Waals surface area (Å²) in [6, 6.07) is 7.37. The smallest absolute Gasteiger partial charge is 0.318 e. The average Bonchev–Trinajstić information content (AvgIpc) is 3.44. The number of carbonyl (C=O) groups is 3. The third-order valence-electron chi connectivity index (χ3n) is 7.70. The van der Waals surface area contributed by atoms with Crippen molar-refractivity contribution in [3.05, 3.63) is 52.0 Å². The van der Waals surface area contributed by atoms with Crippen LogP contribution >= 0.6 is 11.3 Å². The van der Waals surface area contributed by atoms with Gasteiger partial charge in [-0.3, -0.25) is 14.5 Å². The fourth-order valence-corrected chi connectivity index (χ4v) is 6.05. The molecule has 5 N–H and O–H groups in total. The molecular formula is C33H53N7O4S. The third kappa shape index (κ3) is 11.4. The summed E-state index contributed by atoms with van der Waals surface area (Å²) in [6.45, 7) is 16.0. The van der Waals surface area contributed by atoms with Gasteiger partial charge in [-0.1, -0.05) is 58.0 Å². The number of β-amino-alcohol motifs (C(OH)–C–C–N with tert-alkyl or cyclic N) is 1. The molecular weight excluding hydrogens is 590 g/mol. The van der Waals surface area contributed by atoms with Gasteiger partial charge in [0.1, 0.15) is 12.1 Å². The summed E-state index contributed by atoms with van der Waals surface area (Å²) in [7, 11) is 1.68. The molecule has 3 rings (SSSR count). The zero-order valence-electron chi connectivity index (χ0n) is 28.1. The fraction of sp³-hybridized carbons (Fsp3) is 0.636. The zero-order valence-corrected chi connectivity index (χ0v) is 28.9. The van der Waals surface area contributed by atoms with Gasteiger partial charge in [-0.15, -0.1) is 11.3 Å². The maximum Gasteiger partial charge on any atom is 0.318 e. The number of thiazole rings is 1. The summed E-state index contributed by atoms with van der Waals surface area (Å²) in [6.07, 6.45) is -0.581. The second-order valence-corrected chi connectivity index (χ2v) is 14.6. The van der Waals surface area contributed by atoms with E-state index in [1.54, 1.807) is 18.4 Å². The van der Waals surface area contributed by atoms with Crippen molar-refractivity contribution in [2.24, 2.45) is 5.92 Å². The summed E-state index contributed by atoms with van der Waals surface area (Å²) in [5, 5.41) is 26.8. The van der Waals surface area contributed by atoms with Gasteiger partial charge >= 0.3 is 6.03 Å². The summed E-state index contributed by atoms with van der Waals surface area (Å²) in [5.74, 6) is -0.364. The molecule has 0 aliphatic carbocycles. The topological polar surface area (TPSA) is 139 Å². The molecule has 0 radical (unpaired) electrons. The van der Waals surface area contributed by atoms with Crippen LogP contribution in [0.3, 0.4) is 0 Å². The van der Waals surface area contributed by atoms with Crippen LogP contribution in [0.4, 0.5) is 4.79 Å². The molecule has 1 fully saturated rings. The number of aliphatic hydroxyl groups excluding tert-OH is 1. The van der Waals surface area contributed by atoms with Crippen LogP contribution in [-0.4, -0.2) is 101 Å². The lowest BCUT2D eigenvalue weighted by atomic mass is 9.97. The Kier molecular flexibility index (Phi) is 13.3. The number of hydrogen-bond donors (Lipinski definition) is 5. The molecule has 11 nitrogen and oxygen atoms in total. The Morgan fingerprint density at radius 1 is 1.13 bits per heavy atom. The number of nitrogens with one attached hydrogen (secondary N) is 4. The Hall–Kier alpha value is -3.06. The molecule has 1 saturated heterocycles. The summed E-state index contributed by atoms with van der Waals surface area (Å²) in [4.78, 5) is 48.2. The van der Waals surface area contributed by atoms with Crippen LogP contribution in [0.2, 0.25) is 0 Å². The summed E-state index contributed by atoms with van der Waals surface area (Å²) >= 11 is 1.57. The highest BCUT2D eigenvalue weighted by molar-refractivity contribution is 7.09. The molecule has 4 amide bonds. The lowest BCUT2D eigenvalue weighted by Crippen LogP contribution is -2.63. The van der Waals surface area contributed by atoms with Crippen molar-refractivity contribution in [3.63, 3.8) is 0 Å². The van der Waals surface area contributed by atoms with E-state index in [4.69, 9.17) is 0 Å². The first-order chi connectivity index (χ1) is 21.1. The summed E-state index contributed by atoms with van der Waals surface area (Å²) in [5.41, 5.74) is 1.38. The quantitative estimate of drug-likeness (QED) is 0.226. The Morgan fingerprint density at radius 2 is 1.82 bits per heavy atom. The van der Waals surface area contributed by atoms with Crippen LogP contribution in [-0.2, 0) is 22.6 Å². The predicted molar refractivity (Wildman–Crippen MR) is 179 cm³/mol. The molecule has 2 heterocycles. The number of hydrogen-bond acceptors (Lipinski definition) is 8. The van der Waals surface area contributed by atoms with E-state index in [1.807, 2.05) is 75.2 Å². The summed E-state index contributed by atoms with van der Waals surface area (Å²) < 4.78 is 0. The van der Waals surface area contributed by atoms with E-state index in [-0.39, 0.29) is 35.8 Å². The fourth-order valence-electron chi connectivity index (χ4n) is 5.22. The van der Waals surface area contributed by atoms with Gasteiger partial charge in [0.15, 0.2) is 0 Å². The lowest BCUT2D eigenvalue weighted by molar-refractivity contribution is -0.130. The van der Waals surface area contributed by atoms with Gasteiger partial charge in [-0.2, -0.15) is 0 Å². The molecule has 1 aromatic carbocycles. The first-order valence-electron chi connectivity index (χ1n) is 15.9. The molecule has 12 heteroatoms. The minimum absolute atomic E-state index is 0.102. The van der Waals surface area contributed by atoms with Gasteiger partial charge in [0.2, 0.25) is 11.8 Å². The standard InChI is InChI=1S/C33H53N7O4S/c1-21(2)28(37-32(44)39(8)18-24-20-45-31(35-24)22(3)4)30(43)36-25(16-23-12-10-9-11-13-23)27(41)19-40-15-14-34-17-26(40)29(42)38-33(5,6)7/h9-13,20-22,25-28,34,41H,14-19H2,1-8H3,(H,36,43)(H,37,44)(H,38,42)/t25-,26-,27+,28-/m0/s1. The van der Waals surface area contributed by atoms with Crippen molar-refractivity contribution in [2.75, 3.05) is 33.2 Å². The van der Waals surface area contributed by atoms with Crippen molar-refractivity contribution < 1.29 is 19.5 Å². The Balaban J connectivity index is 1.73. The highest BCUT2D eigenvalue weighted by Gasteiger charge is 2.35. The van der Waals surface area contributed by atoms with Crippen molar-refractivity contribution in [1.82, 2.24) is 36.1 Å². The van der Waals surface area contributed by atoms with Crippen LogP contribution in [0.5, 0.6) is 0 Å². The monoisotopic (exact) mass is 643 g/mol. The van der Waals surface area contributed by atoms with E-state index < -0.39 is 24.2 Å². The number of urea groups is 1. The predicted octanol–water partition coefficient (Wildman–Crippen LogP) is 2.71. The maximum atomic E-state index is 13.8. The van der Waals surface area contributed by atoms with Gasteiger partial charge < -0.3 is 31.3 Å². The molecule has 0 unspecified atom stereocenters. The van der Waals surface area contributed by atoms with Gasteiger partial charge in [0.05, 0.1) is 29.4 Å². The molecule has 0 spiro atoms. The van der Waals surface area contributed by atoms with Crippen LogP contribution in [0.25, 0.3) is 0 Å². The molecule has 1 aromatic heterocycles. The molecule has 1 aliphatic rings. The molecule has 250 valence electrons. The number of rotatable bonds is 13. The number of carbonyl (C=O) groups excluding carboxylic acids is 3. The van der Waals surface area contributed by atoms with E-state index in [9.17, 15) is 19.5 Å². The molecule has 45 heavy (non-hydrogen) atoms. The minimum Gasteiger partial charge on any atom is -0.390 e. The van der Waals surface area contributed by atoms with Crippen LogP contribution in [0.1, 0.15) is 70.6 Å². The number of amides is 4. The van der Waals surface area contributed by atoms with Gasteiger partial charge in [0, 0.05) is 50.1 Å². The lowest BCUT2D eigenvalue weighted by Gasteiger charge is -2.39. The number of benzene rings is 1. The Bertz CT molecular complexity index is 1250. The van der Waals surface area contributed by atoms with Gasteiger partial charge in [-0.25, -0.2) is 9.78 Å². The van der Waals surface area contributed by atoms with Crippen LogP contribution in [0.15, 0.2) is 35.7 Å². The number of aliphatic hydroxyl groups is 1. The molecule has 0 saturated carbocycles. The number of aromatic nitrogens is 1. The minimum atomic E-state index is -0.969. The van der Waals surface area contributed by atoms with E-state index in [1.165, 1.54) is 4.90 Å². The van der Waals surface area contributed by atoms with E-state index in [2.05, 4.69) is 40.1 Å². The van der Waals surface area contributed by atoms with Crippen molar-refractivity contribution in [1.29, 1.82) is 0 Å². The van der Waals surface area contributed by atoms with E-state index in [0.29, 0.717) is 38.5 Å². The van der Waals surface area contributed by atoms with Gasteiger partial charge in [-0.05, 0) is 38.7 Å². The second kappa shape index (κ2) is 16.5. The van der Waals surface area contributed by atoms with Crippen molar-refractivity contribution in [2.45, 2.75) is 97.1 Å². The van der Waals surface area contributed by atoms with Crippen LogP contribution in [0, 0.1) is 5.92 Å². The highest BCUT2D eigenvalue weighted by atomic mass is 32.1. The molecule has 2 aromatic rings. The molecule has 4 atom stereocenters. The average molecular weight is 644 g/mol. The zero-order chi connectivity index (χ0) is 33.3. The molecule has 1 aliphatic heterocycles. The molecule has 0 bridgehead atoms. The second-order valence-electron chi connectivity index (χ2n) is 13.7. The normalized spacial score (nSPS) is 17.9. The number of piperazine rings is 1. The Morgan fingerprint density at radius 3 is 2.42 bits per heavy atom. The third-order valence-corrected chi connectivity index (χ3v) is 8.90. The van der Waals surface area contributed by atoms with E-state index in [0.717, 1.165) is 16.3 Å². The first kappa shape index (κ1) is 36.4. The SMILES string of the molecule is CC(C)c1nc(CN(C)C(=O)N[C@H](C(=O)N[C@@H](Cc2ccccc2)[C@H](O)CN2CCNC[C@H]2C(=O)NC(C)(C)C)C(C)C)cs1. The van der Waals surface area contributed by atoms with Crippen LogP contribution < -0.4 is 21.3 Å². The van der Waals surface area contributed by atoms with Gasteiger partial charge in [0.25, 0.3) is 0 Å². The first-order valence-corrected chi connectivity index (χ1v) is 16.8. The Labute approximate surface area is 272 Å². The maximum absolute atomic E-state index is 13.8.